The molecule has 1 aromatic heterocycles. The third kappa shape index (κ3) is 5.17. The lowest BCUT2D eigenvalue weighted by atomic mass is 9.85. The van der Waals surface area contributed by atoms with Crippen molar-refractivity contribution in [2.75, 3.05) is 6.54 Å². The molecule has 1 amide bonds. The summed E-state index contributed by atoms with van der Waals surface area (Å²) in [5.74, 6) is 1.95. The van der Waals surface area contributed by atoms with Gasteiger partial charge in [-0.2, -0.15) is 5.10 Å². The molecule has 2 fully saturated rings. The highest BCUT2D eigenvalue weighted by molar-refractivity contribution is 5.81. The Hall–Kier alpha value is -2.12. The van der Waals surface area contributed by atoms with E-state index >= 15 is 0 Å². The number of guanidine groups is 1. The van der Waals surface area contributed by atoms with E-state index in [9.17, 15) is 4.79 Å². The van der Waals surface area contributed by atoms with Crippen molar-refractivity contribution in [3.8, 4) is 0 Å². The van der Waals surface area contributed by atoms with Gasteiger partial charge in [-0.3, -0.25) is 9.48 Å². The Kier molecular flexibility index (Phi) is 5.88. The SMILES string of the molecule is CCNC(=NCc1ncnn1C)NC1CCCC(C(=O)NC2CC2)C1. The molecule has 0 bridgehead atoms. The fourth-order valence-electron chi connectivity index (χ4n) is 3.23. The highest BCUT2D eigenvalue weighted by atomic mass is 16.2. The van der Waals surface area contributed by atoms with E-state index in [4.69, 9.17) is 0 Å². The van der Waals surface area contributed by atoms with E-state index in [1.807, 2.05) is 14.0 Å². The van der Waals surface area contributed by atoms with E-state index in [2.05, 4.69) is 31.0 Å². The Labute approximate surface area is 148 Å². The Morgan fingerprint density at radius 3 is 2.80 bits per heavy atom. The molecule has 0 saturated heterocycles. The van der Waals surface area contributed by atoms with Crippen LogP contribution in [0.2, 0.25) is 0 Å². The highest BCUT2D eigenvalue weighted by Gasteiger charge is 2.31. The van der Waals surface area contributed by atoms with Crippen molar-refractivity contribution >= 4 is 11.9 Å². The molecule has 0 aromatic carbocycles. The quantitative estimate of drug-likeness (QED) is 0.520. The van der Waals surface area contributed by atoms with Crippen LogP contribution in [0.5, 0.6) is 0 Å². The van der Waals surface area contributed by atoms with Gasteiger partial charge in [0, 0.05) is 31.6 Å². The fraction of sp³-hybridized carbons (Fsp3) is 0.765. The first kappa shape index (κ1) is 17.7. The monoisotopic (exact) mass is 347 g/mol. The maximum atomic E-state index is 12.3. The summed E-state index contributed by atoms with van der Waals surface area (Å²) in [7, 11) is 1.86. The minimum Gasteiger partial charge on any atom is -0.357 e. The van der Waals surface area contributed by atoms with Gasteiger partial charge in [0.05, 0.1) is 0 Å². The third-order valence-electron chi connectivity index (χ3n) is 4.84. The van der Waals surface area contributed by atoms with Crippen LogP contribution in [0.3, 0.4) is 0 Å². The molecule has 0 aliphatic heterocycles. The molecule has 2 saturated carbocycles. The molecule has 1 heterocycles. The number of hydrogen-bond donors (Lipinski definition) is 3. The van der Waals surface area contributed by atoms with E-state index in [1.165, 1.54) is 6.33 Å². The number of nitrogens with one attached hydrogen (secondary N) is 3. The van der Waals surface area contributed by atoms with Gasteiger partial charge < -0.3 is 16.0 Å². The zero-order valence-electron chi connectivity index (χ0n) is 15.2. The normalized spacial score (nSPS) is 24.0. The number of amides is 1. The largest absolute Gasteiger partial charge is 0.357 e. The smallest absolute Gasteiger partial charge is 0.223 e. The van der Waals surface area contributed by atoms with Crippen LogP contribution in [0.25, 0.3) is 0 Å². The predicted octanol–water partition coefficient (Wildman–Crippen LogP) is 0.708. The van der Waals surface area contributed by atoms with E-state index in [-0.39, 0.29) is 17.9 Å². The third-order valence-corrected chi connectivity index (χ3v) is 4.84. The zero-order valence-corrected chi connectivity index (χ0v) is 15.2. The van der Waals surface area contributed by atoms with Crippen molar-refractivity contribution in [2.24, 2.45) is 18.0 Å². The molecule has 25 heavy (non-hydrogen) atoms. The van der Waals surface area contributed by atoms with E-state index in [1.54, 1.807) is 4.68 Å². The van der Waals surface area contributed by atoms with Crippen LogP contribution < -0.4 is 16.0 Å². The molecule has 138 valence electrons. The van der Waals surface area contributed by atoms with Crippen LogP contribution >= 0.6 is 0 Å². The number of carbonyl (C=O) groups is 1. The van der Waals surface area contributed by atoms with Crippen LogP contribution in [0.15, 0.2) is 11.3 Å². The lowest BCUT2D eigenvalue weighted by Crippen LogP contribution is -2.47. The first-order valence-electron chi connectivity index (χ1n) is 9.33. The highest BCUT2D eigenvalue weighted by Crippen LogP contribution is 2.26. The molecule has 8 nitrogen and oxygen atoms in total. The van der Waals surface area contributed by atoms with Crippen LogP contribution in [0, 0.1) is 5.92 Å². The molecule has 2 atom stereocenters. The first-order chi connectivity index (χ1) is 12.2. The Bertz CT molecular complexity index is 608. The van der Waals surface area contributed by atoms with Crippen LogP contribution in [0.4, 0.5) is 0 Å². The maximum Gasteiger partial charge on any atom is 0.223 e. The number of aliphatic imine (C=N–C) groups is 1. The Balaban J connectivity index is 1.55. The molecule has 3 rings (SSSR count). The van der Waals surface area contributed by atoms with Crippen LogP contribution in [-0.2, 0) is 18.4 Å². The van der Waals surface area contributed by atoms with Gasteiger partial charge in [0.15, 0.2) is 5.96 Å². The lowest BCUT2D eigenvalue weighted by molar-refractivity contribution is -0.126. The van der Waals surface area contributed by atoms with Crippen LogP contribution in [0.1, 0.15) is 51.3 Å². The van der Waals surface area contributed by atoms with Crippen molar-refractivity contribution in [1.82, 2.24) is 30.7 Å². The zero-order chi connectivity index (χ0) is 17.6. The van der Waals surface area contributed by atoms with Crippen molar-refractivity contribution in [1.29, 1.82) is 0 Å². The average Bonchev–Trinajstić information content (AvgIpc) is 3.32. The molecule has 0 radical (unpaired) electrons. The summed E-state index contributed by atoms with van der Waals surface area (Å²) in [6.07, 6.45) is 7.81. The second kappa shape index (κ2) is 8.31. The van der Waals surface area contributed by atoms with E-state index in [0.29, 0.717) is 12.6 Å². The minimum atomic E-state index is 0.119. The number of aromatic nitrogens is 3. The molecule has 2 aliphatic rings. The van der Waals surface area contributed by atoms with Gasteiger partial charge in [0.2, 0.25) is 5.91 Å². The summed E-state index contributed by atoms with van der Waals surface area (Å²) >= 11 is 0. The van der Waals surface area contributed by atoms with Gasteiger partial charge in [-0.15, -0.1) is 0 Å². The van der Waals surface area contributed by atoms with Gasteiger partial charge in [-0.25, -0.2) is 9.98 Å². The van der Waals surface area contributed by atoms with Gasteiger partial charge >= 0.3 is 0 Å². The number of aryl methyl sites for hydroxylation is 1. The van der Waals surface area contributed by atoms with E-state index < -0.39 is 0 Å². The Morgan fingerprint density at radius 1 is 1.28 bits per heavy atom. The summed E-state index contributed by atoms with van der Waals surface area (Å²) in [4.78, 5) is 21.1. The topological polar surface area (TPSA) is 96.2 Å². The first-order valence-corrected chi connectivity index (χ1v) is 9.33. The number of carbonyl (C=O) groups excluding carboxylic acids is 1. The lowest BCUT2D eigenvalue weighted by Gasteiger charge is -2.30. The summed E-state index contributed by atoms with van der Waals surface area (Å²) in [5, 5.41) is 14.0. The maximum absolute atomic E-state index is 12.3. The summed E-state index contributed by atoms with van der Waals surface area (Å²) in [6, 6.07) is 0.715. The van der Waals surface area contributed by atoms with Crippen LogP contribution in [-0.4, -0.2) is 45.3 Å². The number of rotatable bonds is 6. The molecular weight excluding hydrogens is 318 g/mol. The second-order valence-corrected chi connectivity index (χ2v) is 6.98. The average molecular weight is 347 g/mol. The molecular formula is C17H29N7O. The van der Waals surface area contributed by atoms with Gasteiger partial charge in [0.1, 0.15) is 18.7 Å². The van der Waals surface area contributed by atoms with Crippen molar-refractivity contribution < 1.29 is 4.79 Å². The standard InChI is InChI=1S/C17H29N7O/c1-3-18-17(19-10-15-20-11-21-24(15)2)23-14-6-4-5-12(9-14)16(25)22-13-7-8-13/h11-14H,3-10H2,1-2H3,(H,22,25)(H2,18,19,23). The van der Waals surface area contributed by atoms with E-state index in [0.717, 1.165) is 56.9 Å². The molecule has 2 aliphatic carbocycles. The molecule has 1 aromatic rings. The summed E-state index contributed by atoms with van der Waals surface area (Å²) in [5.41, 5.74) is 0. The van der Waals surface area contributed by atoms with Crippen molar-refractivity contribution in [2.45, 2.75) is 64.1 Å². The number of nitrogens with zero attached hydrogens (tertiary/aromatic N) is 4. The molecule has 8 heteroatoms. The van der Waals surface area contributed by atoms with Crippen molar-refractivity contribution in [3.05, 3.63) is 12.2 Å². The number of hydrogen-bond acceptors (Lipinski definition) is 4. The van der Waals surface area contributed by atoms with Gasteiger partial charge in [0.25, 0.3) is 0 Å². The summed E-state index contributed by atoms with van der Waals surface area (Å²) < 4.78 is 1.73. The Morgan fingerprint density at radius 2 is 2.12 bits per heavy atom. The van der Waals surface area contributed by atoms with Crippen molar-refractivity contribution in [3.63, 3.8) is 0 Å². The molecule has 3 N–H and O–H groups in total. The predicted molar refractivity (Wildman–Crippen MR) is 95.9 cm³/mol. The fourth-order valence-corrected chi connectivity index (χ4v) is 3.23. The molecule has 0 spiro atoms. The minimum absolute atomic E-state index is 0.119. The summed E-state index contributed by atoms with van der Waals surface area (Å²) in [6.45, 7) is 3.32. The van der Waals surface area contributed by atoms with Gasteiger partial charge in [-0.05, 0) is 39.0 Å². The second-order valence-electron chi connectivity index (χ2n) is 6.98. The van der Waals surface area contributed by atoms with Gasteiger partial charge in [-0.1, -0.05) is 6.42 Å². The molecule has 2 unspecified atom stereocenters.